The number of nitrogens with zero attached hydrogens (tertiary/aromatic N) is 3. The number of morpholine rings is 1. The maximum atomic E-state index is 12.7. The molecule has 0 saturated carbocycles. The van der Waals surface area contributed by atoms with E-state index in [0.717, 1.165) is 0 Å². The Morgan fingerprint density at radius 1 is 1.21 bits per heavy atom. The molecule has 11 heteroatoms. The predicted octanol–water partition coefficient (Wildman–Crippen LogP) is 3.04. The van der Waals surface area contributed by atoms with Gasteiger partial charge in [-0.05, 0) is 43.3 Å². The molecule has 1 heterocycles. The van der Waals surface area contributed by atoms with Gasteiger partial charge in [0.25, 0.3) is 11.6 Å². The summed E-state index contributed by atoms with van der Waals surface area (Å²) in [6.45, 7) is 3.60. The largest absolute Gasteiger partial charge is 0.506 e. The molecule has 0 radical (unpaired) electrons. The van der Waals surface area contributed by atoms with Gasteiger partial charge in [0.1, 0.15) is 17.5 Å². The van der Waals surface area contributed by atoms with E-state index in [9.17, 15) is 24.8 Å². The number of esters is 1. The molecule has 1 amide bonds. The highest BCUT2D eigenvalue weighted by Gasteiger charge is 2.23. The van der Waals surface area contributed by atoms with Crippen LogP contribution in [0.15, 0.2) is 48.0 Å². The lowest BCUT2D eigenvalue weighted by Gasteiger charge is -2.28. The highest BCUT2D eigenvalue weighted by atomic mass is 16.6. The first kappa shape index (κ1) is 24.2. The van der Waals surface area contributed by atoms with E-state index in [1.807, 2.05) is 4.90 Å². The van der Waals surface area contributed by atoms with Gasteiger partial charge in [-0.1, -0.05) is 0 Å². The van der Waals surface area contributed by atoms with E-state index in [1.54, 1.807) is 19.1 Å². The summed E-state index contributed by atoms with van der Waals surface area (Å²) in [5.74, 6) is -2.05. The molecule has 2 aromatic rings. The summed E-state index contributed by atoms with van der Waals surface area (Å²) in [6.07, 6.45) is 0. The van der Waals surface area contributed by atoms with Gasteiger partial charge < -0.3 is 24.8 Å². The maximum Gasteiger partial charge on any atom is 0.352 e. The number of nitriles is 1. The number of ether oxygens (including phenoxy) is 2. The molecule has 34 heavy (non-hydrogen) atoms. The number of benzene rings is 2. The Morgan fingerprint density at radius 2 is 1.85 bits per heavy atom. The summed E-state index contributed by atoms with van der Waals surface area (Å²) < 4.78 is 10.0. The summed E-state index contributed by atoms with van der Waals surface area (Å²) in [4.78, 5) is 37.4. The second kappa shape index (κ2) is 10.9. The normalized spacial score (nSPS) is 13.9. The Hall–Kier alpha value is -4.43. The Bertz CT molecular complexity index is 1160. The average Bonchev–Trinajstić information content (AvgIpc) is 2.85. The van der Waals surface area contributed by atoms with Crippen LogP contribution in [-0.2, 0) is 14.3 Å². The molecule has 1 aliphatic rings. The predicted molar refractivity (Wildman–Crippen MR) is 122 cm³/mol. The van der Waals surface area contributed by atoms with Crippen LogP contribution in [0, 0.1) is 21.4 Å². The fourth-order valence-electron chi connectivity index (χ4n) is 3.34. The van der Waals surface area contributed by atoms with Crippen LogP contribution in [0.3, 0.4) is 0 Å². The molecule has 1 aliphatic heterocycles. The topological polar surface area (TPSA) is 155 Å². The number of aliphatic hydroxyl groups is 1. The van der Waals surface area contributed by atoms with Gasteiger partial charge in [-0.25, -0.2) is 4.79 Å². The van der Waals surface area contributed by atoms with E-state index in [-0.39, 0.29) is 23.4 Å². The zero-order valence-electron chi connectivity index (χ0n) is 18.3. The minimum absolute atomic E-state index is 0.0495. The van der Waals surface area contributed by atoms with Gasteiger partial charge in [-0.15, -0.1) is 0 Å². The third kappa shape index (κ3) is 5.48. The maximum absolute atomic E-state index is 12.7. The summed E-state index contributed by atoms with van der Waals surface area (Å²) in [5, 5.41) is 33.6. The highest BCUT2D eigenvalue weighted by Crippen LogP contribution is 2.30. The van der Waals surface area contributed by atoms with Crippen LogP contribution >= 0.6 is 0 Å². The average molecular weight is 466 g/mol. The molecule has 0 spiro atoms. The van der Waals surface area contributed by atoms with E-state index in [0.29, 0.717) is 37.7 Å². The van der Waals surface area contributed by atoms with Gasteiger partial charge in [0.05, 0.1) is 24.7 Å². The third-order valence-electron chi connectivity index (χ3n) is 5.03. The highest BCUT2D eigenvalue weighted by molar-refractivity contribution is 6.05. The Kier molecular flexibility index (Phi) is 7.79. The fourth-order valence-corrected chi connectivity index (χ4v) is 3.34. The molecule has 2 N–H and O–H groups in total. The molecule has 0 bridgehead atoms. The van der Waals surface area contributed by atoms with E-state index in [4.69, 9.17) is 14.7 Å². The lowest BCUT2D eigenvalue weighted by molar-refractivity contribution is -0.384. The minimum atomic E-state index is -0.943. The monoisotopic (exact) mass is 466 g/mol. The van der Waals surface area contributed by atoms with Crippen LogP contribution in [0.1, 0.15) is 22.8 Å². The van der Waals surface area contributed by atoms with Crippen LogP contribution in [-0.4, -0.2) is 54.8 Å². The quantitative estimate of drug-likeness (QED) is 0.156. The molecule has 0 aliphatic carbocycles. The van der Waals surface area contributed by atoms with Gasteiger partial charge in [0.15, 0.2) is 5.57 Å². The van der Waals surface area contributed by atoms with Crippen molar-refractivity contribution in [2.24, 2.45) is 0 Å². The van der Waals surface area contributed by atoms with Gasteiger partial charge in [0, 0.05) is 36.0 Å². The van der Waals surface area contributed by atoms with Gasteiger partial charge in [0.2, 0.25) is 0 Å². The molecule has 0 atom stereocenters. The number of nitro groups is 1. The SMILES string of the molecule is CCOC(=O)/C(C#N)=C(\O)c1ccc(NC(=O)c2ccc(N3CCOCC3)c([N+](=O)[O-])c2)cc1. The number of hydrogen-bond acceptors (Lipinski definition) is 9. The Morgan fingerprint density at radius 3 is 2.44 bits per heavy atom. The standard InChI is InChI=1S/C23H22N4O7/c1-2-34-23(30)18(14-24)21(28)15-3-6-17(7-4-15)25-22(29)16-5-8-19(20(13-16)27(31)32)26-9-11-33-12-10-26/h3-8,13,28H,2,9-12H2,1H3,(H,25,29)/b21-18-. The van der Waals surface area contributed by atoms with Crippen LogP contribution in [0.25, 0.3) is 5.76 Å². The van der Waals surface area contributed by atoms with Crippen LogP contribution in [0.4, 0.5) is 17.1 Å². The molecule has 2 aromatic carbocycles. The zero-order chi connectivity index (χ0) is 24.7. The number of amides is 1. The molecule has 11 nitrogen and oxygen atoms in total. The van der Waals surface area contributed by atoms with Crippen LogP contribution in [0.2, 0.25) is 0 Å². The van der Waals surface area contributed by atoms with Crippen molar-refractivity contribution in [2.75, 3.05) is 43.1 Å². The number of rotatable bonds is 7. The lowest BCUT2D eigenvalue weighted by atomic mass is 10.1. The van der Waals surface area contributed by atoms with Crippen molar-refractivity contribution in [3.63, 3.8) is 0 Å². The zero-order valence-corrected chi connectivity index (χ0v) is 18.3. The smallest absolute Gasteiger partial charge is 0.352 e. The first-order chi connectivity index (χ1) is 16.3. The number of aliphatic hydroxyl groups excluding tert-OH is 1. The van der Waals surface area contributed by atoms with Gasteiger partial charge >= 0.3 is 5.97 Å². The van der Waals surface area contributed by atoms with Crippen LogP contribution < -0.4 is 10.2 Å². The fraction of sp³-hybridized carbons (Fsp3) is 0.261. The molecule has 176 valence electrons. The van der Waals surface area contributed by atoms with Crippen molar-refractivity contribution in [1.29, 1.82) is 5.26 Å². The van der Waals surface area contributed by atoms with E-state index in [2.05, 4.69) is 5.32 Å². The minimum Gasteiger partial charge on any atom is -0.506 e. The molecular weight excluding hydrogens is 444 g/mol. The summed E-state index contributed by atoms with van der Waals surface area (Å²) in [6, 6.07) is 11.6. The van der Waals surface area contributed by atoms with Crippen molar-refractivity contribution in [1.82, 2.24) is 0 Å². The van der Waals surface area contributed by atoms with Crippen molar-refractivity contribution in [3.8, 4) is 6.07 Å². The number of hydrogen-bond donors (Lipinski definition) is 2. The second-order valence-corrected chi connectivity index (χ2v) is 7.15. The molecule has 1 saturated heterocycles. The lowest BCUT2D eigenvalue weighted by Crippen LogP contribution is -2.36. The summed E-state index contributed by atoms with van der Waals surface area (Å²) in [7, 11) is 0. The molecule has 3 rings (SSSR count). The first-order valence-electron chi connectivity index (χ1n) is 10.4. The summed E-state index contributed by atoms with van der Waals surface area (Å²) in [5.41, 5.74) is 0.328. The third-order valence-corrected chi connectivity index (χ3v) is 5.03. The van der Waals surface area contributed by atoms with E-state index >= 15 is 0 Å². The number of nitro benzene ring substituents is 1. The van der Waals surface area contributed by atoms with Crippen LogP contribution in [0.5, 0.6) is 0 Å². The Balaban J connectivity index is 1.78. The van der Waals surface area contributed by atoms with Crippen molar-refractivity contribution in [3.05, 3.63) is 69.3 Å². The number of anilines is 2. The van der Waals surface area contributed by atoms with Crippen molar-refractivity contribution < 1.29 is 29.1 Å². The number of nitrogens with one attached hydrogen (secondary N) is 1. The number of carbonyl (C=O) groups is 2. The number of carbonyl (C=O) groups excluding carboxylic acids is 2. The van der Waals surface area contributed by atoms with Crippen molar-refractivity contribution >= 4 is 34.7 Å². The van der Waals surface area contributed by atoms with E-state index in [1.165, 1.54) is 36.4 Å². The van der Waals surface area contributed by atoms with Gasteiger partial charge in [-0.3, -0.25) is 14.9 Å². The second-order valence-electron chi connectivity index (χ2n) is 7.15. The molecule has 0 aromatic heterocycles. The summed E-state index contributed by atoms with van der Waals surface area (Å²) >= 11 is 0. The molecule has 1 fully saturated rings. The molecule has 0 unspecified atom stereocenters. The first-order valence-corrected chi connectivity index (χ1v) is 10.4. The van der Waals surface area contributed by atoms with Gasteiger partial charge in [-0.2, -0.15) is 5.26 Å². The van der Waals surface area contributed by atoms with Crippen molar-refractivity contribution in [2.45, 2.75) is 6.92 Å². The molecular formula is C23H22N4O7. The van der Waals surface area contributed by atoms with E-state index < -0.39 is 28.1 Å². The Labute approximate surface area is 195 Å².